The Labute approximate surface area is 109 Å². The Morgan fingerprint density at radius 2 is 1.72 bits per heavy atom. The van der Waals surface area contributed by atoms with Crippen LogP contribution in [-0.2, 0) is 5.54 Å². The number of hydrogen-bond acceptors (Lipinski definition) is 3. The second-order valence-electron chi connectivity index (χ2n) is 6.07. The lowest BCUT2D eigenvalue weighted by atomic mass is 9.90. The van der Waals surface area contributed by atoms with Crippen molar-refractivity contribution in [2.75, 3.05) is 0 Å². The highest BCUT2D eigenvalue weighted by Gasteiger charge is 2.35. The fourth-order valence-corrected chi connectivity index (χ4v) is 3.63. The van der Waals surface area contributed by atoms with Gasteiger partial charge in [-0.05, 0) is 25.7 Å². The van der Waals surface area contributed by atoms with Crippen molar-refractivity contribution in [3.63, 3.8) is 0 Å². The molecule has 0 bridgehead atoms. The van der Waals surface area contributed by atoms with Gasteiger partial charge in [0.2, 0.25) is 0 Å². The summed E-state index contributed by atoms with van der Waals surface area (Å²) in [6.45, 7) is 0. The molecule has 2 aliphatic rings. The zero-order chi connectivity index (χ0) is 12.4. The van der Waals surface area contributed by atoms with Crippen LogP contribution in [0.3, 0.4) is 0 Å². The number of aromatic nitrogens is 3. The van der Waals surface area contributed by atoms with Crippen LogP contribution in [0, 0.1) is 0 Å². The molecule has 0 aliphatic heterocycles. The molecule has 2 fully saturated rings. The molecule has 2 N–H and O–H groups in total. The first kappa shape index (κ1) is 12.2. The average Bonchev–Trinajstić information content (AvgIpc) is 2.99. The molecular formula is C14H24N4. The largest absolute Gasteiger partial charge is 0.319 e. The molecule has 1 aromatic heterocycles. The van der Waals surface area contributed by atoms with E-state index in [1.54, 1.807) is 0 Å². The molecule has 0 aromatic carbocycles. The maximum atomic E-state index is 6.67. The van der Waals surface area contributed by atoms with E-state index in [9.17, 15) is 0 Å². The molecule has 3 rings (SSSR count). The predicted octanol–water partition coefficient (Wildman–Crippen LogP) is 2.90. The molecule has 2 saturated carbocycles. The Balaban J connectivity index is 1.88. The molecule has 0 radical (unpaired) electrons. The number of nitrogens with zero attached hydrogens (tertiary/aromatic N) is 3. The summed E-state index contributed by atoms with van der Waals surface area (Å²) in [5.41, 5.74) is 6.44. The van der Waals surface area contributed by atoms with Gasteiger partial charge in [-0.1, -0.05) is 38.5 Å². The molecule has 0 saturated heterocycles. The monoisotopic (exact) mass is 248 g/mol. The second-order valence-corrected chi connectivity index (χ2v) is 6.07. The topological polar surface area (TPSA) is 56.7 Å². The van der Waals surface area contributed by atoms with Gasteiger partial charge >= 0.3 is 0 Å². The molecule has 100 valence electrons. The Kier molecular flexibility index (Phi) is 3.37. The highest BCUT2D eigenvalue weighted by Crippen LogP contribution is 2.36. The number of rotatable bonds is 2. The van der Waals surface area contributed by atoms with E-state index >= 15 is 0 Å². The lowest BCUT2D eigenvalue weighted by Crippen LogP contribution is -2.39. The van der Waals surface area contributed by atoms with Crippen LogP contribution in [0.5, 0.6) is 0 Å². The second kappa shape index (κ2) is 5.00. The zero-order valence-electron chi connectivity index (χ0n) is 11.1. The van der Waals surface area contributed by atoms with E-state index in [0.717, 1.165) is 18.7 Å². The Hall–Kier alpha value is -0.900. The normalized spacial score (nSPS) is 25.2. The van der Waals surface area contributed by atoms with Gasteiger partial charge in [0, 0.05) is 6.04 Å². The maximum Gasteiger partial charge on any atom is 0.153 e. The van der Waals surface area contributed by atoms with Crippen LogP contribution in [0.25, 0.3) is 0 Å². The molecule has 1 heterocycles. The lowest BCUT2D eigenvalue weighted by Gasteiger charge is -2.29. The first-order chi connectivity index (χ1) is 8.80. The van der Waals surface area contributed by atoms with E-state index in [1.165, 1.54) is 51.4 Å². The summed E-state index contributed by atoms with van der Waals surface area (Å²) in [5.74, 6) is 1.05. The van der Waals surface area contributed by atoms with E-state index in [4.69, 9.17) is 5.73 Å². The summed E-state index contributed by atoms with van der Waals surface area (Å²) >= 11 is 0. The van der Waals surface area contributed by atoms with Crippen molar-refractivity contribution in [1.29, 1.82) is 0 Å². The van der Waals surface area contributed by atoms with Crippen molar-refractivity contribution >= 4 is 0 Å². The van der Waals surface area contributed by atoms with Gasteiger partial charge in [-0.25, -0.2) is 0 Å². The van der Waals surface area contributed by atoms with Crippen LogP contribution in [0.1, 0.15) is 76.1 Å². The predicted molar refractivity (Wildman–Crippen MR) is 71.1 cm³/mol. The van der Waals surface area contributed by atoms with E-state index < -0.39 is 0 Å². The van der Waals surface area contributed by atoms with Crippen molar-refractivity contribution in [1.82, 2.24) is 14.8 Å². The van der Waals surface area contributed by atoms with Crippen molar-refractivity contribution in [2.45, 2.75) is 75.8 Å². The fourth-order valence-electron chi connectivity index (χ4n) is 3.63. The summed E-state index contributed by atoms with van der Waals surface area (Å²) < 4.78 is 2.29. The SMILES string of the molecule is NC1(c2nncn2C2CCCC2)CCCCCC1. The fraction of sp³-hybridized carbons (Fsp3) is 0.857. The van der Waals surface area contributed by atoms with Crippen molar-refractivity contribution in [2.24, 2.45) is 5.73 Å². The van der Waals surface area contributed by atoms with Crippen LogP contribution >= 0.6 is 0 Å². The van der Waals surface area contributed by atoms with Gasteiger partial charge in [-0.3, -0.25) is 0 Å². The van der Waals surface area contributed by atoms with Crippen LogP contribution < -0.4 is 5.73 Å². The third-order valence-electron chi connectivity index (χ3n) is 4.73. The standard InChI is InChI=1S/C14H24N4/c15-14(9-5-1-2-6-10-14)13-17-16-11-18(13)12-7-3-4-8-12/h11-12H,1-10,15H2. The minimum atomic E-state index is -0.227. The molecule has 2 aliphatic carbocycles. The summed E-state index contributed by atoms with van der Waals surface area (Å²) in [7, 11) is 0. The summed E-state index contributed by atoms with van der Waals surface area (Å²) in [5, 5.41) is 8.54. The van der Waals surface area contributed by atoms with E-state index in [-0.39, 0.29) is 5.54 Å². The van der Waals surface area contributed by atoms with Gasteiger partial charge in [0.05, 0.1) is 5.54 Å². The van der Waals surface area contributed by atoms with Crippen molar-refractivity contribution < 1.29 is 0 Å². The molecule has 18 heavy (non-hydrogen) atoms. The van der Waals surface area contributed by atoms with E-state index in [1.807, 2.05) is 6.33 Å². The van der Waals surface area contributed by atoms with Crippen LogP contribution in [-0.4, -0.2) is 14.8 Å². The molecule has 0 amide bonds. The Bertz CT molecular complexity index is 384. The van der Waals surface area contributed by atoms with Crippen LogP contribution in [0.15, 0.2) is 6.33 Å². The number of hydrogen-bond donors (Lipinski definition) is 1. The number of nitrogens with two attached hydrogens (primary N) is 1. The third-order valence-corrected chi connectivity index (χ3v) is 4.73. The molecule has 4 nitrogen and oxygen atoms in total. The summed E-state index contributed by atoms with van der Waals surface area (Å²) in [6, 6.07) is 0.596. The van der Waals surface area contributed by atoms with Crippen LogP contribution in [0.4, 0.5) is 0 Å². The van der Waals surface area contributed by atoms with Gasteiger partial charge in [0.15, 0.2) is 5.82 Å². The average molecular weight is 248 g/mol. The molecule has 0 atom stereocenters. The first-order valence-corrected chi connectivity index (χ1v) is 7.48. The first-order valence-electron chi connectivity index (χ1n) is 7.48. The quantitative estimate of drug-likeness (QED) is 0.819. The molecule has 4 heteroatoms. The smallest absolute Gasteiger partial charge is 0.153 e. The lowest BCUT2D eigenvalue weighted by molar-refractivity contribution is 0.331. The Morgan fingerprint density at radius 1 is 1.06 bits per heavy atom. The van der Waals surface area contributed by atoms with E-state index in [2.05, 4.69) is 14.8 Å². The Morgan fingerprint density at radius 3 is 2.39 bits per heavy atom. The van der Waals surface area contributed by atoms with Crippen LogP contribution in [0.2, 0.25) is 0 Å². The third kappa shape index (κ3) is 2.18. The maximum absolute atomic E-state index is 6.67. The molecule has 1 aromatic rings. The minimum absolute atomic E-state index is 0.227. The minimum Gasteiger partial charge on any atom is -0.319 e. The molecule has 0 unspecified atom stereocenters. The highest BCUT2D eigenvalue weighted by atomic mass is 15.3. The highest BCUT2D eigenvalue weighted by molar-refractivity contribution is 5.07. The molecular weight excluding hydrogens is 224 g/mol. The van der Waals surface area contributed by atoms with Gasteiger partial charge in [0.1, 0.15) is 6.33 Å². The van der Waals surface area contributed by atoms with E-state index in [0.29, 0.717) is 6.04 Å². The zero-order valence-corrected chi connectivity index (χ0v) is 11.1. The van der Waals surface area contributed by atoms with Crippen molar-refractivity contribution in [3.8, 4) is 0 Å². The van der Waals surface area contributed by atoms with Gasteiger partial charge < -0.3 is 10.3 Å². The van der Waals surface area contributed by atoms with Crippen molar-refractivity contribution in [3.05, 3.63) is 12.2 Å². The van der Waals surface area contributed by atoms with Gasteiger partial charge in [-0.2, -0.15) is 0 Å². The summed E-state index contributed by atoms with van der Waals surface area (Å²) in [6.07, 6.45) is 14.3. The summed E-state index contributed by atoms with van der Waals surface area (Å²) in [4.78, 5) is 0. The van der Waals surface area contributed by atoms with Gasteiger partial charge in [0.25, 0.3) is 0 Å². The van der Waals surface area contributed by atoms with Gasteiger partial charge in [-0.15, -0.1) is 10.2 Å². The molecule has 0 spiro atoms.